The Balaban J connectivity index is 1.59. The van der Waals surface area contributed by atoms with Crippen molar-refractivity contribution in [3.63, 3.8) is 0 Å². The molecule has 4 aromatic rings. The highest BCUT2D eigenvalue weighted by Crippen LogP contribution is 2.28. The van der Waals surface area contributed by atoms with Crippen LogP contribution in [0.1, 0.15) is 48.8 Å². The Kier molecular flexibility index (Phi) is 7.65. The van der Waals surface area contributed by atoms with Crippen molar-refractivity contribution in [1.29, 1.82) is 0 Å². The third kappa shape index (κ3) is 5.44. The maximum absolute atomic E-state index is 13.9. The van der Waals surface area contributed by atoms with E-state index in [1.807, 2.05) is 41.8 Å². The van der Waals surface area contributed by atoms with Gasteiger partial charge in [0.2, 0.25) is 5.91 Å². The van der Waals surface area contributed by atoms with Gasteiger partial charge in [0.25, 0.3) is 5.56 Å². The first kappa shape index (κ1) is 25.9. The summed E-state index contributed by atoms with van der Waals surface area (Å²) in [5, 5.41) is 3.64. The van der Waals surface area contributed by atoms with Gasteiger partial charge in [0.15, 0.2) is 14.8 Å². The first-order valence-electron chi connectivity index (χ1n) is 12.6. The normalized spacial score (nSPS) is 14.2. The molecule has 0 unspecified atom stereocenters. The van der Waals surface area contributed by atoms with E-state index in [0.717, 1.165) is 48.2 Å². The van der Waals surface area contributed by atoms with Crippen molar-refractivity contribution < 1.29 is 4.79 Å². The van der Waals surface area contributed by atoms with Crippen molar-refractivity contribution >= 4 is 51.6 Å². The molecule has 1 amide bonds. The van der Waals surface area contributed by atoms with E-state index in [1.54, 1.807) is 4.57 Å². The van der Waals surface area contributed by atoms with Crippen LogP contribution in [0.15, 0.2) is 52.4 Å². The zero-order chi connectivity index (χ0) is 26.1. The predicted molar refractivity (Wildman–Crippen MR) is 155 cm³/mol. The maximum Gasteiger partial charge on any atom is 0.278 e. The second-order valence-corrected chi connectivity index (χ2v) is 12.3. The smallest absolute Gasteiger partial charge is 0.278 e. The molecular weight excluding hydrogens is 521 g/mol. The number of thioether (sulfide) groups is 1. The largest absolute Gasteiger partial charge is 0.353 e. The standard InChI is InChI=1S/C28H30N4O2S3/c1-17-9-12-21(13-10-17)32-26(34)24-25(31(28(35)37-24)22-14-11-18(2)19(3)15-22)30-27(32)36-16-23(33)29-20-7-5-4-6-8-20/h9-15,20H,4-8,16H2,1-3H3,(H,29,33). The summed E-state index contributed by atoms with van der Waals surface area (Å²) in [6.45, 7) is 6.13. The third-order valence-corrected chi connectivity index (χ3v) is 9.21. The zero-order valence-corrected chi connectivity index (χ0v) is 23.7. The summed E-state index contributed by atoms with van der Waals surface area (Å²) in [5.41, 5.74) is 5.38. The van der Waals surface area contributed by atoms with E-state index in [4.69, 9.17) is 17.2 Å². The minimum atomic E-state index is -0.178. The lowest BCUT2D eigenvalue weighted by molar-refractivity contribution is -0.119. The van der Waals surface area contributed by atoms with Crippen LogP contribution in [-0.4, -0.2) is 31.8 Å². The van der Waals surface area contributed by atoms with Crippen LogP contribution in [0.4, 0.5) is 0 Å². The first-order valence-corrected chi connectivity index (χ1v) is 14.8. The van der Waals surface area contributed by atoms with Gasteiger partial charge in [-0.15, -0.1) is 0 Å². The van der Waals surface area contributed by atoms with Gasteiger partial charge in [-0.1, -0.05) is 66.1 Å². The van der Waals surface area contributed by atoms with Gasteiger partial charge in [0, 0.05) is 11.7 Å². The summed E-state index contributed by atoms with van der Waals surface area (Å²) < 4.78 is 4.54. The molecule has 37 heavy (non-hydrogen) atoms. The lowest BCUT2D eigenvalue weighted by Gasteiger charge is -2.22. The van der Waals surface area contributed by atoms with Crippen LogP contribution in [0.5, 0.6) is 0 Å². The van der Waals surface area contributed by atoms with Crippen molar-refractivity contribution in [1.82, 2.24) is 19.4 Å². The van der Waals surface area contributed by atoms with E-state index in [0.29, 0.717) is 19.5 Å². The van der Waals surface area contributed by atoms with Gasteiger partial charge < -0.3 is 5.32 Å². The van der Waals surface area contributed by atoms with Crippen LogP contribution in [0.25, 0.3) is 21.7 Å². The highest BCUT2D eigenvalue weighted by atomic mass is 32.2. The topological polar surface area (TPSA) is 68.9 Å². The third-order valence-electron chi connectivity index (χ3n) is 6.92. The lowest BCUT2D eigenvalue weighted by atomic mass is 9.95. The molecule has 1 aliphatic carbocycles. The summed E-state index contributed by atoms with van der Waals surface area (Å²) in [6.07, 6.45) is 5.61. The van der Waals surface area contributed by atoms with Crippen molar-refractivity contribution in [2.45, 2.75) is 64.1 Å². The molecule has 1 saturated carbocycles. The van der Waals surface area contributed by atoms with E-state index >= 15 is 0 Å². The summed E-state index contributed by atoms with van der Waals surface area (Å²) in [7, 11) is 0. The molecule has 0 spiro atoms. The SMILES string of the molecule is Cc1ccc(-n2c(SCC(=O)NC3CCCCC3)nc3c(sc(=S)n3-c3ccc(C)c(C)c3)c2=O)cc1. The number of rotatable bonds is 6. The Morgan fingerprint density at radius 3 is 2.43 bits per heavy atom. The van der Waals surface area contributed by atoms with Crippen molar-refractivity contribution in [3.8, 4) is 11.4 Å². The molecule has 0 saturated heterocycles. The fourth-order valence-corrected chi connectivity index (χ4v) is 6.81. The maximum atomic E-state index is 13.9. The molecule has 1 aliphatic rings. The number of nitrogens with zero attached hydrogens (tertiary/aromatic N) is 3. The number of hydrogen-bond donors (Lipinski definition) is 1. The van der Waals surface area contributed by atoms with Gasteiger partial charge >= 0.3 is 0 Å². The van der Waals surface area contributed by atoms with Crippen LogP contribution in [0, 0.1) is 24.7 Å². The molecule has 2 aromatic heterocycles. The number of aryl methyl sites for hydroxylation is 3. The number of aromatic nitrogens is 3. The number of carbonyl (C=O) groups excluding carboxylic acids is 1. The molecule has 0 radical (unpaired) electrons. The Morgan fingerprint density at radius 1 is 1.03 bits per heavy atom. The zero-order valence-electron chi connectivity index (χ0n) is 21.2. The van der Waals surface area contributed by atoms with Crippen LogP contribution < -0.4 is 10.9 Å². The number of nitrogens with one attached hydrogen (secondary N) is 1. The van der Waals surface area contributed by atoms with Crippen molar-refractivity contribution in [2.24, 2.45) is 0 Å². The van der Waals surface area contributed by atoms with E-state index in [1.165, 1.54) is 35.1 Å². The number of amides is 1. The fourth-order valence-electron chi connectivity index (χ4n) is 4.69. The van der Waals surface area contributed by atoms with Gasteiger partial charge in [-0.3, -0.25) is 18.7 Å². The highest BCUT2D eigenvalue weighted by Gasteiger charge is 2.21. The van der Waals surface area contributed by atoms with Crippen molar-refractivity contribution in [3.05, 3.63) is 73.5 Å². The Bertz CT molecular complexity index is 1580. The molecule has 0 bridgehead atoms. The molecule has 1 N–H and O–H groups in total. The highest BCUT2D eigenvalue weighted by molar-refractivity contribution is 7.99. The first-order chi connectivity index (χ1) is 17.8. The second kappa shape index (κ2) is 10.9. The summed E-state index contributed by atoms with van der Waals surface area (Å²) in [5.74, 6) is 0.160. The van der Waals surface area contributed by atoms with Crippen LogP contribution >= 0.6 is 35.3 Å². The van der Waals surface area contributed by atoms with Crippen LogP contribution in [0.3, 0.4) is 0 Å². The molecular formula is C28H30N4O2S3. The average Bonchev–Trinajstić information content (AvgIpc) is 3.22. The molecule has 1 fully saturated rings. The molecule has 2 heterocycles. The van der Waals surface area contributed by atoms with Gasteiger partial charge in [-0.2, -0.15) is 0 Å². The average molecular weight is 551 g/mol. The lowest BCUT2D eigenvalue weighted by Crippen LogP contribution is -2.37. The van der Waals surface area contributed by atoms with Gasteiger partial charge in [-0.25, -0.2) is 4.98 Å². The van der Waals surface area contributed by atoms with Gasteiger partial charge in [0.05, 0.1) is 11.4 Å². The number of fused-ring (bicyclic) bond motifs is 1. The summed E-state index contributed by atoms with van der Waals surface area (Å²) in [4.78, 5) is 31.7. The molecule has 0 atom stereocenters. The quantitative estimate of drug-likeness (QED) is 0.170. The minimum absolute atomic E-state index is 0.0296. The second-order valence-electron chi connectivity index (χ2n) is 9.69. The number of hydrogen-bond acceptors (Lipinski definition) is 6. The van der Waals surface area contributed by atoms with Gasteiger partial charge in [-0.05, 0) is 81.2 Å². The Labute approximate surface area is 229 Å². The van der Waals surface area contributed by atoms with E-state index in [2.05, 4.69) is 31.3 Å². The van der Waals surface area contributed by atoms with E-state index in [-0.39, 0.29) is 23.3 Å². The Hall–Kier alpha value is -2.75. The minimum Gasteiger partial charge on any atom is -0.353 e. The van der Waals surface area contributed by atoms with Crippen LogP contribution in [-0.2, 0) is 4.79 Å². The fraction of sp³-hybridized carbons (Fsp3) is 0.357. The molecule has 5 rings (SSSR count). The molecule has 2 aromatic carbocycles. The van der Waals surface area contributed by atoms with Gasteiger partial charge in [0.1, 0.15) is 4.70 Å². The molecule has 6 nitrogen and oxygen atoms in total. The number of benzene rings is 2. The van der Waals surface area contributed by atoms with E-state index < -0.39 is 0 Å². The van der Waals surface area contributed by atoms with E-state index in [9.17, 15) is 9.59 Å². The number of carbonyl (C=O) groups is 1. The predicted octanol–water partition coefficient (Wildman–Crippen LogP) is 6.43. The number of thiazole rings is 1. The summed E-state index contributed by atoms with van der Waals surface area (Å²) in [6, 6.07) is 14.1. The molecule has 0 aliphatic heterocycles. The van der Waals surface area contributed by atoms with Crippen molar-refractivity contribution in [2.75, 3.05) is 5.75 Å². The Morgan fingerprint density at radius 2 is 1.73 bits per heavy atom. The molecule has 192 valence electrons. The monoisotopic (exact) mass is 550 g/mol. The summed E-state index contributed by atoms with van der Waals surface area (Å²) >= 11 is 8.27. The molecule has 9 heteroatoms. The van der Waals surface area contributed by atoms with Crippen LogP contribution in [0.2, 0.25) is 0 Å².